The smallest absolute Gasteiger partial charge is 0.290 e. The van der Waals surface area contributed by atoms with E-state index >= 15 is 0 Å². The molecule has 1 saturated heterocycles. The average molecular weight is 392 g/mol. The molecule has 0 atom stereocenters. The van der Waals surface area contributed by atoms with Crippen molar-refractivity contribution in [1.82, 2.24) is 9.97 Å². The van der Waals surface area contributed by atoms with E-state index in [1.165, 1.54) is 0 Å². The molecule has 5 rings (SSSR count). The summed E-state index contributed by atoms with van der Waals surface area (Å²) in [5.74, 6) is -5.34. The van der Waals surface area contributed by atoms with Gasteiger partial charge in [-0.3, -0.25) is 0 Å². The van der Waals surface area contributed by atoms with Crippen LogP contribution < -0.4 is 10.6 Å². The van der Waals surface area contributed by atoms with Gasteiger partial charge in [-0.05, 0) is 18.4 Å². The van der Waals surface area contributed by atoms with Gasteiger partial charge in [-0.2, -0.15) is 8.78 Å². The van der Waals surface area contributed by atoms with Gasteiger partial charge in [0, 0.05) is 43.5 Å². The molecule has 2 fully saturated rings. The van der Waals surface area contributed by atoms with E-state index in [9.17, 15) is 17.6 Å². The quantitative estimate of drug-likeness (QED) is 0.803. The first-order valence-corrected chi connectivity index (χ1v) is 9.49. The van der Waals surface area contributed by atoms with E-state index in [4.69, 9.17) is 5.73 Å². The summed E-state index contributed by atoms with van der Waals surface area (Å²) in [6, 6.07) is 6.88. The van der Waals surface area contributed by atoms with Crippen LogP contribution in [0.1, 0.15) is 42.5 Å². The standard InChI is InChI=1S/C20H20F4N4/c21-19(22)10-18(25,11-19)13-4-2-12(3-5-13)15-14-6-7-20(23,24)16(14)27-17(26-15)28-8-1-9-28/h2-5H,1,6-11,25H2. The second-order valence-electron chi connectivity index (χ2n) is 8.19. The van der Waals surface area contributed by atoms with Gasteiger partial charge in [0.2, 0.25) is 5.95 Å². The van der Waals surface area contributed by atoms with Crippen LogP contribution in [0.2, 0.25) is 0 Å². The SMILES string of the molecule is NC1(c2ccc(-c3nc(N4CCC4)nc4c3CCC4(F)F)cc2)CC(F)(F)C1. The lowest BCUT2D eigenvalue weighted by atomic mass is 9.70. The Hall–Kier alpha value is -2.22. The summed E-state index contributed by atoms with van der Waals surface area (Å²) in [4.78, 5) is 10.6. The van der Waals surface area contributed by atoms with Crippen LogP contribution in [0.5, 0.6) is 0 Å². The normalized spacial score (nSPS) is 23.7. The van der Waals surface area contributed by atoms with Crippen LogP contribution in [0.25, 0.3) is 11.3 Å². The number of anilines is 1. The van der Waals surface area contributed by atoms with Crippen molar-refractivity contribution in [2.24, 2.45) is 5.73 Å². The monoisotopic (exact) mass is 392 g/mol. The van der Waals surface area contributed by atoms with Crippen molar-refractivity contribution in [3.8, 4) is 11.3 Å². The Morgan fingerprint density at radius 3 is 2.21 bits per heavy atom. The number of hydrogen-bond acceptors (Lipinski definition) is 4. The molecule has 148 valence electrons. The molecule has 4 nitrogen and oxygen atoms in total. The fourth-order valence-corrected chi connectivity index (χ4v) is 4.34. The zero-order valence-electron chi connectivity index (χ0n) is 15.2. The van der Waals surface area contributed by atoms with E-state index in [1.807, 2.05) is 4.90 Å². The molecule has 0 amide bonds. The third-order valence-electron chi connectivity index (χ3n) is 6.05. The van der Waals surface area contributed by atoms with Gasteiger partial charge >= 0.3 is 0 Å². The Morgan fingerprint density at radius 1 is 0.964 bits per heavy atom. The van der Waals surface area contributed by atoms with Crippen molar-refractivity contribution < 1.29 is 17.6 Å². The first kappa shape index (κ1) is 17.8. The minimum atomic E-state index is -2.95. The lowest BCUT2D eigenvalue weighted by molar-refractivity contribution is -0.125. The molecule has 2 heterocycles. The fourth-order valence-electron chi connectivity index (χ4n) is 4.34. The van der Waals surface area contributed by atoms with Crippen molar-refractivity contribution in [1.29, 1.82) is 0 Å². The Balaban J connectivity index is 1.53. The van der Waals surface area contributed by atoms with Gasteiger partial charge < -0.3 is 10.6 Å². The summed E-state index contributed by atoms with van der Waals surface area (Å²) in [7, 11) is 0. The summed E-state index contributed by atoms with van der Waals surface area (Å²) in [6.07, 6.45) is 0.171. The van der Waals surface area contributed by atoms with E-state index in [0.717, 1.165) is 19.5 Å². The summed E-state index contributed by atoms with van der Waals surface area (Å²) in [5.41, 5.74) is 7.15. The van der Waals surface area contributed by atoms with Gasteiger partial charge in [0.1, 0.15) is 5.69 Å². The third kappa shape index (κ3) is 2.69. The number of benzene rings is 1. The predicted octanol–water partition coefficient (Wildman–Crippen LogP) is 3.97. The first-order chi connectivity index (χ1) is 13.2. The van der Waals surface area contributed by atoms with Gasteiger partial charge in [-0.15, -0.1) is 0 Å². The van der Waals surface area contributed by atoms with Gasteiger partial charge in [-0.1, -0.05) is 24.3 Å². The van der Waals surface area contributed by atoms with Crippen LogP contribution in [0.15, 0.2) is 24.3 Å². The molecule has 0 spiro atoms. The highest BCUT2D eigenvalue weighted by molar-refractivity contribution is 5.67. The highest BCUT2D eigenvalue weighted by atomic mass is 19.3. The minimum absolute atomic E-state index is 0.183. The molecule has 28 heavy (non-hydrogen) atoms. The molecular formula is C20H20F4N4. The topological polar surface area (TPSA) is 55.0 Å². The Morgan fingerprint density at radius 2 is 1.64 bits per heavy atom. The summed E-state index contributed by atoms with van der Waals surface area (Å²) >= 11 is 0. The molecule has 1 aliphatic heterocycles. The molecule has 1 aromatic heterocycles. The van der Waals surface area contributed by atoms with Crippen molar-refractivity contribution in [2.45, 2.75) is 49.5 Å². The molecule has 0 unspecified atom stereocenters. The maximum atomic E-state index is 14.3. The highest BCUT2D eigenvalue weighted by Crippen LogP contribution is 2.50. The highest BCUT2D eigenvalue weighted by Gasteiger charge is 2.55. The average Bonchev–Trinajstić information content (AvgIpc) is 2.86. The van der Waals surface area contributed by atoms with Gasteiger partial charge in [0.25, 0.3) is 11.8 Å². The van der Waals surface area contributed by atoms with Crippen LogP contribution in [-0.2, 0) is 17.9 Å². The van der Waals surface area contributed by atoms with Crippen molar-refractivity contribution in [3.05, 3.63) is 41.1 Å². The molecule has 8 heteroatoms. The Kier molecular flexibility index (Phi) is 3.60. The third-order valence-corrected chi connectivity index (χ3v) is 6.05. The van der Waals surface area contributed by atoms with Crippen molar-refractivity contribution >= 4 is 5.95 Å². The number of nitrogens with two attached hydrogens (primary N) is 1. The van der Waals surface area contributed by atoms with E-state index in [2.05, 4.69) is 9.97 Å². The van der Waals surface area contributed by atoms with Crippen LogP contribution in [0, 0.1) is 0 Å². The second kappa shape index (κ2) is 5.65. The zero-order valence-corrected chi connectivity index (χ0v) is 15.2. The lowest BCUT2D eigenvalue weighted by Gasteiger charge is -2.44. The molecule has 3 aliphatic rings. The number of fused-ring (bicyclic) bond motifs is 1. The van der Waals surface area contributed by atoms with Crippen molar-refractivity contribution in [3.63, 3.8) is 0 Å². The van der Waals surface area contributed by atoms with E-state index in [-0.39, 0.29) is 31.4 Å². The van der Waals surface area contributed by atoms with E-state index in [1.54, 1.807) is 24.3 Å². The van der Waals surface area contributed by atoms with Crippen LogP contribution in [-0.4, -0.2) is 29.0 Å². The Labute approximate surface area is 159 Å². The predicted molar refractivity (Wildman–Crippen MR) is 96.6 cm³/mol. The number of nitrogens with zero attached hydrogens (tertiary/aromatic N) is 3. The fraction of sp³-hybridized carbons (Fsp3) is 0.500. The Bertz CT molecular complexity index is 930. The van der Waals surface area contributed by atoms with Crippen molar-refractivity contribution in [2.75, 3.05) is 18.0 Å². The molecule has 2 N–H and O–H groups in total. The molecule has 1 saturated carbocycles. The zero-order chi connectivity index (χ0) is 19.7. The molecular weight excluding hydrogens is 372 g/mol. The maximum Gasteiger partial charge on any atom is 0.290 e. The summed E-state index contributed by atoms with van der Waals surface area (Å²) in [5, 5.41) is 0. The molecule has 0 radical (unpaired) electrons. The summed E-state index contributed by atoms with van der Waals surface area (Å²) in [6.45, 7) is 1.51. The van der Waals surface area contributed by atoms with Crippen LogP contribution >= 0.6 is 0 Å². The number of hydrogen-bond donors (Lipinski definition) is 1. The maximum absolute atomic E-state index is 14.3. The van der Waals surface area contributed by atoms with Gasteiger partial charge in [-0.25, -0.2) is 18.7 Å². The molecule has 0 bridgehead atoms. The number of halogens is 4. The summed E-state index contributed by atoms with van der Waals surface area (Å²) < 4.78 is 55.2. The van der Waals surface area contributed by atoms with Gasteiger partial charge in [0.05, 0.1) is 11.2 Å². The van der Waals surface area contributed by atoms with Gasteiger partial charge in [0.15, 0.2) is 0 Å². The van der Waals surface area contributed by atoms with E-state index < -0.39 is 17.4 Å². The second-order valence-corrected chi connectivity index (χ2v) is 8.19. The van der Waals surface area contributed by atoms with Crippen LogP contribution in [0.3, 0.4) is 0 Å². The molecule has 1 aromatic carbocycles. The molecule has 2 aromatic rings. The largest absolute Gasteiger partial charge is 0.341 e. The lowest BCUT2D eigenvalue weighted by Crippen LogP contribution is -2.55. The minimum Gasteiger partial charge on any atom is -0.341 e. The number of rotatable bonds is 3. The number of alkyl halides is 4. The van der Waals surface area contributed by atoms with Crippen LogP contribution in [0.4, 0.5) is 23.5 Å². The molecule has 2 aliphatic carbocycles. The van der Waals surface area contributed by atoms with E-state index in [0.29, 0.717) is 28.3 Å². The number of aromatic nitrogens is 2. The first-order valence-electron chi connectivity index (χ1n) is 9.49.